The van der Waals surface area contributed by atoms with Gasteiger partial charge in [-0.25, -0.2) is 9.97 Å². The molecule has 0 aromatic carbocycles. The molecule has 4 nitrogen and oxygen atoms in total. The van der Waals surface area contributed by atoms with Gasteiger partial charge >= 0.3 is 5.97 Å². The van der Waals surface area contributed by atoms with E-state index in [1.54, 1.807) is 11.3 Å². The molecule has 0 aliphatic heterocycles. The van der Waals surface area contributed by atoms with Crippen LogP contribution in [0.15, 0.2) is 17.4 Å². The Labute approximate surface area is 113 Å². The fourth-order valence-corrected chi connectivity index (χ4v) is 3.56. The van der Waals surface area contributed by atoms with Gasteiger partial charge in [-0.1, -0.05) is 25.6 Å². The van der Waals surface area contributed by atoms with Gasteiger partial charge in [0.2, 0.25) is 0 Å². The number of carbonyl (C=O) groups is 1. The van der Waals surface area contributed by atoms with Gasteiger partial charge in [0.1, 0.15) is 21.4 Å². The zero-order valence-corrected chi connectivity index (χ0v) is 12.0. The summed E-state index contributed by atoms with van der Waals surface area (Å²) in [6.45, 7) is 5.82. The van der Waals surface area contributed by atoms with Crippen LogP contribution in [-0.4, -0.2) is 26.3 Å². The maximum atomic E-state index is 11.2. The van der Waals surface area contributed by atoms with Crippen LogP contribution in [0.25, 0.3) is 10.2 Å². The summed E-state index contributed by atoms with van der Waals surface area (Å²) in [5.41, 5.74) is 0. The third-order valence-electron chi connectivity index (χ3n) is 2.50. The van der Waals surface area contributed by atoms with Crippen LogP contribution in [-0.2, 0) is 4.79 Å². The lowest BCUT2D eigenvalue weighted by Crippen LogP contribution is -2.22. The van der Waals surface area contributed by atoms with E-state index in [0.29, 0.717) is 0 Å². The number of thioether (sulfide) groups is 1. The van der Waals surface area contributed by atoms with Gasteiger partial charge in [-0.3, -0.25) is 4.79 Å². The molecule has 1 N–H and O–H groups in total. The summed E-state index contributed by atoms with van der Waals surface area (Å²) >= 11 is 2.90. The molecule has 0 radical (unpaired) electrons. The molecule has 18 heavy (non-hydrogen) atoms. The summed E-state index contributed by atoms with van der Waals surface area (Å²) in [5.74, 6) is -0.744. The number of aryl methyl sites for hydroxylation is 1. The highest BCUT2D eigenvalue weighted by atomic mass is 32.2. The number of fused-ring (bicyclic) bond motifs is 1. The third kappa shape index (κ3) is 2.64. The molecule has 0 amide bonds. The Kier molecular flexibility index (Phi) is 3.87. The van der Waals surface area contributed by atoms with Gasteiger partial charge in [-0.2, -0.15) is 0 Å². The van der Waals surface area contributed by atoms with E-state index in [9.17, 15) is 9.90 Å². The summed E-state index contributed by atoms with van der Waals surface area (Å²) in [6, 6.07) is 2.02. The van der Waals surface area contributed by atoms with E-state index in [1.165, 1.54) is 18.1 Å². The van der Waals surface area contributed by atoms with Gasteiger partial charge in [0.05, 0.1) is 0 Å². The lowest BCUT2D eigenvalue weighted by Gasteiger charge is -2.15. The van der Waals surface area contributed by atoms with Gasteiger partial charge < -0.3 is 5.11 Å². The van der Waals surface area contributed by atoms with Crippen LogP contribution in [0.5, 0.6) is 0 Å². The van der Waals surface area contributed by atoms with Crippen molar-refractivity contribution in [3.8, 4) is 0 Å². The Morgan fingerprint density at radius 1 is 1.44 bits per heavy atom. The van der Waals surface area contributed by atoms with Crippen LogP contribution in [0, 0.1) is 12.8 Å². The fourth-order valence-electron chi connectivity index (χ4n) is 1.64. The Morgan fingerprint density at radius 3 is 2.78 bits per heavy atom. The first-order valence-electron chi connectivity index (χ1n) is 5.59. The van der Waals surface area contributed by atoms with E-state index in [2.05, 4.69) is 9.97 Å². The number of carboxylic acids is 1. The summed E-state index contributed by atoms with van der Waals surface area (Å²) < 4.78 is 0. The van der Waals surface area contributed by atoms with Gasteiger partial charge in [0.15, 0.2) is 0 Å². The molecule has 2 heterocycles. The normalized spacial score (nSPS) is 13.1. The Morgan fingerprint density at radius 2 is 2.17 bits per heavy atom. The predicted molar refractivity (Wildman–Crippen MR) is 74.3 cm³/mol. The minimum Gasteiger partial charge on any atom is -0.480 e. The molecule has 0 spiro atoms. The topological polar surface area (TPSA) is 63.1 Å². The molecule has 2 aromatic heterocycles. The highest BCUT2D eigenvalue weighted by Gasteiger charge is 2.24. The molecule has 96 valence electrons. The monoisotopic (exact) mass is 282 g/mol. The molecule has 2 rings (SSSR count). The molecule has 1 atom stereocenters. The van der Waals surface area contributed by atoms with Gasteiger partial charge in [0, 0.05) is 10.3 Å². The number of thiophene rings is 1. The first kappa shape index (κ1) is 13.3. The molecule has 0 saturated carbocycles. The SMILES string of the molecule is Cc1cc2c(SC(C(=O)O)C(C)C)ncnc2s1. The number of hydrogen-bond acceptors (Lipinski definition) is 5. The average molecular weight is 282 g/mol. The largest absolute Gasteiger partial charge is 0.480 e. The lowest BCUT2D eigenvalue weighted by molar-refractivity contribution is -0.137. The Hall–Kier alpha value is -1.14. The standard InChI is InChI=1S/C12H14N2O2S2/c1-6(2)9(12(15)16)18-11-8-4-7(3)17-10(8)13-5-14-11/h4-6,9H,1-3H3,(H,15,16). The number of nitrogens with zero attached hydrogens (tertiary/aromatic N) is 2. The molecule has 0 bridgehead atoms. The Bertz CT molecular complexity index is 580. The van der Waals surface area contributed by atoms with Crippen LogP contribution in [0.1, 0.15) is 18.7 Å². The zero-order chi connectivity index (χ0) is 13.3. The summed E-state index contributed by atoms with van der Waals surface area (Å²) in [5, 5.41) is 10.4. The highest BCUT2D eigenvalue weighted by molar-refractivity contribution is 8.00. The van der Waals surface area contributed by atoms with Crippen LogP contribution in [0.4, 0.5) is 0 Å². The molecule has 2 aromatic rings. The van der Waals surface area contributed by atoms with Crippen molar-refractivity contribution in [2.24, 2.45) is 5.92 Å². The van der Waals surface area contributed by atoms with Crippen molar-refractivity contribution in [1.82, 2.24) is 9.97 Å². The van der Waals surface area contributed by atoms with Crippen molar-refractivity contribution in [2.45, 2.75) is 31.0 Å². The van der Waals surface area contributed by atoms with Crippen molar-refractivity contribution in [1.29, 1.82) is 0 Å². The lowest BCUT2D eigenvalue weighted by atomic mass is 10.1. The second-order valence-electron chi connectivity index (χ2n) is 4.38. The van der Waals surface area contributed by atoms with E-state index in [-0.39, 0.29) is 5.92 Å². The average Bonchev–Trinajstić information content (AvgIpc) is 2.65. The van der Waals surface area contributed by atoms with Gasteiger partial charge in [0.25, 0.3) is 0 Å². The first-order chi connectivity index (χ1) is 8.49. The van der Waals surface area contributed by atoms with Gasteiger partial charge in [-0.15, -0.1) is 11.3 Å². The number of rotatable bonds is 4. The second kappa shape index (κ2) is 5.24. The van der Waals surface area contributed by atoms with E-state index >= 15 is 0 Å². The molecule has 0 aliphatic rings. The van der Waals surface area contributed by atoms with Crippen LogP contribution < -0.4 is 0 Å². The predicted octanol–water partition coefficient (Wildman–Crippen LogP) is 3.20. The molecule has 6 heteroatoms. The van der Waals surface area contributed by atoms with Crippen LogP contribution in [0.3, 0.4) is 0 Å². The third-order valence-corrected chi connectivity index (χ3v) is 5.01. The Balaban J connectivity index is 2.39. The quantitative estimate of drug-likeness (QED) is 0.689. The van der Waals surface area contributed by atoms with E-state index < -0.39 is 11.2 Å². The maximum Gasteiger partial charge on any atom is 0.317 e. The molecule has 1 unspecified atom stereocenters. The van der Waals surface area contributed by atoms with E-state index in [1.807, 2.05) is 26.8 Å². The molecule has 0 saturated heterocycles. The second-order valence-corrected chi connectivity index (χ2v) is 6.74. The van der Waals surface area contributed by atoms with Crippen molar-refractivity contribution in [3.63, 3.8) is 0 Å². The van der Waals surface area contributed by atoms with Crippen molar-refractivity contribution in [2.75, 3.05) is 0 Å². The first-order valence-corrected chi connectivity index (χ1v) is 7.29. The van der Waals surface area contributed by atoms with Crippen LogP contribution >= 0.6 is 23.1 Å². The number of hydrogen-bond donors (Lipinski definition) is 1. The van der Waals surface area contributed by atoms with E-state index in [0.717, 1.165) is 20.1 Å². The smallest absolute Gasteiger partial charge is 0.317 e. The molecular weight excluding hydrogens is 268 g/mol. The summed E-state index contributed by atoms with van der Waals surface area (Å²) in [4.78, 5) is 21.7. The summed E-state index contributed by atoms with van der Waals surface area (Å²) in [6.07, 6.45) is 1.50. The molecule has 0 aliphatic carbocycles. The highest BCUT2D eigenvalue weighted by Crippen LogP contribution is 2.34. The maximum absolute atomic E-state index is 11.2. The molecular formula is C12H14N2O2S2. The minimum absolute atomic E-state index is 0.0530. The number of aromatic nitrogens is 2. The van der Waals surface area contributed by atoms with Crippen molar-refractivity contribution >= 4 is 39.3 Å². The van der Waals surface area contributed by atoms with Crippen molar-refractivity contribution in [3.05, 3.63) is 17.3 Å². The van der Waals surface area contributed by atoms with E-state index in [4.69, 9.17) is 0 Å². The minimum atomic E-state index is -0.797. The number of aliphatic carboxylic acids is 1. The fraction of sp³-hybridized carbons (Fsp3) is 0.417. The van der Waals surface area contributed by atoms with Crippen LogP contribution in [0.2, 0.25) is 0 Å². The zero-order valence-electron chi connectivity index (χ0n) is 10.4. The summed E-state index contributed by atoms with van der Waals surface area (Å²) in [7, 11) is 0. The number of carboxylic acid groups (broad SMARTS) is 1. The van der Waals surface area contributed by atoms with Gasteiger partial charge in [-0.05, 0) is 18.9 Å². The van der Waals surface area contributed by atoms with Crippen molar-refractivity contribution < 1.29 is 9.90 Å². The molecule has 0 fully saturated rings.